The molecular weight excluding hydrogens is 438 g/mol. The molecule has 1 fully saturated rings. The summed E-state index contributed by atoms with van der Waals surface area (Å²) in [7, 11) is 0. The Morgan fingerprint density at radius 1 is 0.971 bits per heavy atom. The highest BCUT2D eigenvalue weighted by atomic mass is 32.2. The van der Waals surface area contributed by atoms with E-state index in [-0.39, 0.29) is 5.91 Å². The number of benzene rings is 3. The van der Waals surface area contributed by atoms with Crippen LogP contribution in [0, 0.1) is 26.2 Å². The van der Waals surface area contributed by atoms with Crippen LogP contribution in [0.5, 0.6) is 0 Å². The zero-order chi connectivity index (χ0) is 23.7. The number of para-hydroxylation sites is 1. The number of aromatic nitrogens is 1. The van der Waals surface area contributed by atoms with Crippen LogP contribution in [0.25, 0.3) is 17.0 Å². The monoisotopic (exact) mass is 461 g/mol. The van der Waals surface area contributed by atoms with Crippen molar-refractivity contribution in [2.45, 2.75) is 20.4 Å². The maximum absolute atomic E-state index is 13.6. The second kappa shape index (κ2) is 9.09. The lowest BCUT2D eigenvalue weighted by Gasteiger charge is -2.16. The highest BCUT2D eigenvalue weighted by molar-refractivity contribution is 8.19. The average Bonchev–Trinajstić information content (AvgIpc) is 3.34. The van der Waals surface area contributed by atoms with Crippen molar-refractivity contribution >= 4 is 51.2 Å². The van der Waals surface area contributed by atoms with Gasteiger partial charge in [-0.05, 0) is 62.0 Å². The number of carbonyl (C=O) groups is 1. The number of rotatable bonds is 4. The second-order valence-electron chi connectivity index (χ2n) is 8.25. The van der Waals surface area contributed by atoms with Crippen molar-refractivity contribution in [3.63, 3.8) is 0 Å². The lowest BCUT2D eigenvalue weighted by Crippen LogP contribution is -2.28. The SMILES string of the molecule is C#CCn1cc(C=C2SC(=Nc3ccc(C)cc3)N(c3ccc(C)cc3)C2=O)c2ccccc21. The normalized spacial score (nSPS) is 16.0. The van der Waals surface area contributed by atoms with Gasteiger partial charge in [0.25, 0.3) is 5.91 Å². The molecule has 1 amide bonds. The molecule has 0 radical (unpaired) electrons. The van der Waals surface area contributed by atoms with Gasteiger partial charge in [0.2, 0.25) is 0 Å². The van der Waals surface area contributed by atoms with Crippen molar-refractivity contribution < 1.29 is 4.79 Å². The molecule has 1 aliphatic rings. The Hall–Kier alpha value is -4.01. The third-order valence-electron chi connectivity index (χ3n) is 5.72. The molecule has 4 nitrogen and oxygen atoms in total. The third-order valence-corrected chi connectivity index (χ3v) is 6.69. The van der Waals surface area contributed by atoms with Gasteiger partial charge in [0.15, 0.2) is 5.17 Å². The largest absolute Gasteiger partial charge is 0.335 e. The molecule has 0 unspecified atom stereocenters. The number of carbonyl (C=O) groups excluding carboxylic acids is 1. The summed E-state index contributed by atoms with van der Waals surface area (Å²) in [6.45, 7) is 4.55. The zero-order valence-corrected chi connectivity index (χ0v) is 19.8. The highest BCUT2D eigenvalue weighted by Crippen LogP contribution is 2.38. The van der Waals surface area contributed by atoms with Crippen molar-refractivity contribution in [1.82, 2.24) is 4.57 Å². The fourth-order valence-corrected chi connectivity index (χ4v) is 4.95. The Morgan fingerprint density at radius 3 is 2.35 bits per heavy atom. The molecule has 5 heteroatoms. The van der Waals surface area contributed by atoms with Gasteiger partial charge in [0.05, 0.1) is 22.8 Å². The number of amidine groups is 1. The van der Waals surface area contributed by atoms with Crippen LogP contribution < -0.4 is 4.90 Å². The van der Waals surface area contributed by atoms with E-state index in [4.69, 9.17) is 11.4 Å². The molecule has 34 heavy (non-hydrogen) atoms. The van der Waals surface area contributed by atoms with Crippen LogP contribution in [-0.4, -0.2) is 15.6 Å². The number of terminal acetylenes is 1. The Balaban J connectivity index is 1.61. The molecule has 1 aromatic heterocycles. The Bertz CT molecular complexity index is 1490. The third kappa shape index (κ3) is 4.16. The van der Waals surface area contributed by atoms with Crippen molar-refractivity contribution in [2.75, 3.05) is 4.90 Å². The molecule has 1 aliphatic heterocycles. The van der Waals surface area contributed by atoms with Gasteiger partial charge < -0.3 is 4.57 Å². The summed E-state index contributed by atoms with van der Waals surface area (Å²) in [5.74, 6) is 2.62. The summed E-state index contributed by atoms with van der Waals surface area (Å²) in [6, 6.07) is 24.0. The van der Waals surface area contributed by atoms with Crippen LogP contribution in [0.1, 0.15) is 16.7 Å². The standard InChI is InChI=1S/C29H23N3OS/c1-4-17-31-19-22(25-7-5-6-8-26(25)31)18-27-28(33)32(24-15-11-21(3)12-16-24)29(34-27)30-23-13-9-20(2)10-14-23/h1,5-16,18-19H,17H2,2-3H3. The molecule has 0 N–H and O–H groups in total. The summed E-state index contributed by atoms with van der Waals surface area (Å²) < 4.78 is 2.03. The molecule has 0 spiro atoms. The van der Waals surface area contributed by atoms with Gasteiger partial charge in [-0.3, -0.25) is 9.69 Å². The van der Waals surface area contributed by atoms with E-state index < -0.39 is 0 Å². The first-order chi connectivity index (χ1) is 16.5. The minimum absolute atomic E-state index is 0.0894. The van der Waals surface area contributed by atoms with Gasteiger partial charge >= 0.3 is 0 Å². The Labute approximate surface area is 203 Å². The average molecular weight is 462 g/mol. The number of aryl methyl sites for hydroxylation is 2. The van der Waals surface area contributed by atoms with Crippen molar-refractivity contribution in [1.29, 1.82) is 0 Å². The maximum Gasteiger partial charge on any atom is 0.271 e. The Kier molecular flexibility index (Phi) is 5.83. The molecular formula is C29H23N3OS. The molecule has 5 rings (SSSR count). The van der Waals surface area contributed by atoms with E-state index in [9.17, 15) is 4.79 Å². The van der Waals surface area contributed by atoms with E-state index in [2.05, 4.69) is 12.0 Å². The highest BCUT2D eigenvalue weighted by Gasteiger charge is 2.35. The lowest BCUT2D eigenvalue weighted by atomic mass is 10.1. The quantitative estimate of drug-likeness (QED) is 0.250. The summed E-state index contributed by atoms with van der Waals surface area (Å²) in [5, 5.41) is 1.70. The lowest BCUT2D eigenvalue weighted by molar-refractivity contribution is -0.113. The van der Waals surface area contributed by atoms with Crippen molar-refractivity contribution in [2.24, 2.45) is 4.99 Å². The molecule has 0 bridgehead atoms. The molecule has 4 aromatic rings. The second-order valence-corrected chi connectivity index (χ2v) is 9.26. The van der Waals surface area contributed by atoms with Gasteiger partial charge in [-0.1, -0.05) is 59.5 Å². The molecule has 2 heterocycles. The first-order valence-electron chi connectivity index (χ1n) is 11.0. The number of nitrogens with zero attached hydrogens (tertiary/aromatic N) is 3. The van der Waals surface area contributed by atoms with Crippen LogP contribution in [-0.2, 0) is 11.3 Å². The zero-order valence-electron chi connectivity index (χ0n) is 19.0. The van der Waals surface area contributed by atoms with E-state index in [1.54, 1.807) is 4.90 Å². The van der Waals surface area contributed by atoms with E-state index in [1.807, 2.05) is 97.4 Å². The molecule has 3 aromatic carbocycles. The number of hydrogen-bond acceptors (Lipinski definition) is 3. The van der Waals surface area contributed by atoms with Crippen LogP contribution in [0.2, 0.25) is 0 Å². The summed E-state index contributed by atoms with van der Waals surface area (Å²) in [5.41, 5.74) is 5.92. The molecule has 1 saturated heterocycles. The number of aliphatic imine (C=N–C) groups is 1. The maximum atomic E-state index is 13.6. The van der Waals surface area contributed by atoms with Gasteiger partial charge in [0, 0.05) is 22.7 Å². The predicted octanol–water partition coefficient (Wildman–Crippen LogP) is 6.70. The first kappa shape index (κ1) is 21.8. The molecule has 0 aliphatic carbocycles. The molecule has 0 saturated carbocycles. The fourth-order valence-electron chi connectivity index (χ4n) is 3.96. The van der Waals surface area contributed by atoms with Crippen LogP contribution in [0.15, 0.2) is 88.9 Å². The number of thioether (sulfide) groups is 1. The molecule has 166 valence electrons. The van der Waals surface area contributed by atoms with Crippen molar-refractivity contribution in [3.8, 4) is 12.3 Å². The molecule has 0 atom stereocenters. The van der Waals surface area contributed by atoms with E-state index >= 15 is 0 Å². The number of anilines is 1. The number of fused-ring (bicyclic) bond motifs is 1. The van der Waals surface area contributed by atoms with E-state index in [1.165, 1.54) is 17.3 Å². The topological polar surface area (TPSA) is 37.6 Å². The van der Waals surface area contributed by atoms with Crippen molar-refractivity contribution in [3.05, 3.63) is 101 Å². The minimum atomic E-state index is -0.0894. The summed E-state index contributed by atoms with van der Waals surface area (Å²) in [6.07, 6.45) is 9.53. The predicted molar refractivity (Wildman–Crippen MR) is 143 cm³/mol. The van der Waals surface area contributed by atoms with Gasteiger partial charge in [-0.15, -0.1) is 6.42 Å². The number of amides is 1. The van der Waals surface area contributed by atoms with E-state index in [0.717, 1.165) is 33.4 Å². The van der Waals surface area contributed by atoms with Crippen LogP contribution >= 0.6 is 11.8 Å². The van der Waals surface area contributed by atoms with Crippen LogP contribution in [0.3, 0.4) is 0 Å². The van der Waals surface area contributed by atoms with E-state index in [0.29, 0.717) is 16.6 Å². The smallest absolute Gasteiger partial charge is 0.271 e. The first-order valence-corrected chi connectivity index (χ1v) is 11.8. The van der Waals surface area contributed by atoms with Gasteiger partial charge in [0.1, 0.15) is 0 Å². The Morgan fingerprint density at radius 2 is 1.65 bits per heavy atom. The van der Waals surface area contributed by atoms with Crippen LogP contribution in [0.4, 0.5) is 11.4 Å². The van der Waals surface area contributed by atoms with Gasteiger partial charge in [-0.2, -0.15) is 0 Å². The summed E-state index contributed by atoms with van der Waals surface area (Å²) in [4.78, 5) is 20.8. The number of hydrogen-bond donors (Lipinski definition) is 0. The fraction of sp³-hybridized carbons (Fsp3) is 0.103. The summed E-state index contributed by atoms with van der Waals surface area (Å²) >= 11 is 1.39. The minimum Gasteiger partial charge on any atom is -0.335 e. The van der Waals surface area contributed by atoms with Gasteiger partial charge in [-0.25, -0.2) is 4.99 Å².